The van der Waals surface area contributed by atoms with Gasteiger partial charge in [0.05, 0.1) is 5.54 Å². The minimum Gasteiger partial charge on any atom is -0.302 e. The van der Waals surface area contributed by atoms with Crippen LogP contribution in [0.5, 0.6) is 0 Å². The monoisotopic (exact) mass is 264 g/mol. The van der Waals surface area contributed by atoms with Crippen LogP contribution in [0.25, 0.3) is 0 Å². The van der Waals surface area contributed by atoms with Gasteiger partial charge in [0.1, 0.15) is 5.01 Å². The fourth-order valence-electron chi connectivity index (χ4n) is 3.48. The van der Waals surface area contributed by atoms with Gasteiger partial charge in [-0.1, -0.05) is 26.2 Å². The summed E-state index contributed by atoms with van der Waals surface area (Å²) in [7, 11) is 0. The molecule has 0 radical (unpaired) electrons. The minimum absolute atomic E-state index is 0.201. The van der Waals surface area contributed by atoms with Gasteiger partial charge in [-0.3, -0.25) is 0 Å². The summed E-state index contributed by atoms with van der Waals surface area (Å²) in [4.78, 5) is 4.84. The molecule has 3 heteroatoms. The third kappa shape index (κ3) is 2.23. The molecule has 1 heterocycles. The molecule has 1 aromatic rings. The molecule has 100 valence electrons. The fourth-order valence-corrected chi connectivity index (χ4v) is 4.55. The van der Waals surface area contributed by atoms with E-state index in [1.54, 1.807) is 0 Å². The van der Waals surface area contributed by atoms with E-state index in [-0.39, 0.29) is 5.54 Å². The van der Waals surface area contributed by atoms with Gasteiger partial charge < -0.3 is 5.32 Å². The molecule has 0 amide bonds. The molecule has 2 atom stereocenters. The zero-order valence-electron chi connectivity index (χ0n) is 11.5. The number of nitrogens with one attached hydrogen (secondary N) is 1. The summed E-state index contributed by atoms with van der Waals surface area (Å²) < 4.78 is 0. The Hall–Kier alpha value is -0.410. The van der Waals surface area contributed by atoms with Crippen molar-refractivity contribution in [3.05, 3.63) is 16.1 Å². The topological polar surface area (TPSA) is 24.9 Å². The van der Waals surface area contributed by atoms with E-state index < -0.39 is 0 Å². The van der Waals surface area contributed by atoms with Crippen molar-refractivity contribution >= 4 is 11.3 Å². The molecule has 2 fully saturated rings. The van der Waals surface area contributed by atoms with Crippen molar-refractivity contribution in [3.8, 4) is 0 Å². The van der Waals surface area contributed by atoms with E-state index in [1.807, 2.05) is 11.3 Å². The van der Waals surface area contributed by atoms with Crippen LogP contribution < -0.4 is 5.32 Å². The largest absolute Gasteiger partial charge is 0.302 e. The van der Waals surface area contributed by atoms with Gasteiger partial charge in [-0.2, -0.15) is 0 Å². The lowest BCUT2D eigenvalue weighted by molar-refractivity contribution is 0.132. The van der Waals surface area contributed by atoms with Crippen LogP contribution >= 0.6 is 11.3 Å². The predicted octanol–water partition coefficient (Wildman–Crippen LogP) is 4.00. The van der Waals surface area contributed by atoms with E-state index in [0.717, 1.165) is 12.0 Å². The van der Waals surface area contributed by atoms with Crippen molar-refractivity contribution in [3.63, 3.8) is 0 Å². The molecule has 2 unspecified atom stereocenters. The number of hydrogen-bond donors (Lipinski definition) is 1. The first-order valence-corrected chi connectivity index (χ1v) is 8.33. The Balaban J connectivity index is 1.94. The molecule has 18 heavy (non-hydrogen) atoms. The first-order valence-electron chi connectivity index (χ1n) is 7.45. The number of aryl methyl sites for hydroxylation is 1. The summed E-state index contributed by atoms with van der Waals surface area (Å²) in [5.41, 5.74) is 1.39. The smallest absolute Gasteiger partial charge is 0.113 e. The highest BCUT2D eigenvalue weighted by Gasteiger charge is 2.46. The highest BCUT2D eigenvalue weighted by Crippen LogP contribution is 2.46. The summed E-state index contributed by atoms with van der Waals surface area (Å²) in [6.45, 7) is 4.47. The predicted molar refractivity (Wildman–Crippen MR) is 76.9 cm³/mol. The molecule has 0 bridgehead atoms. The Morgan fingerprint density at radius 2 is 2.22 bits per heavy atom. The molecule has 2 saturated carbocycles. The number of rotatable bonds is 4. The highest BCUT2D eigenvalue weighted by atomic mass is 32.1. The number of thiazole rings is 1. The minimum atomic E-state index is 0.201. The average Bonchev–Trinajstić information content (AvgIpc) is 3.08. The summed E-state index contributed by atoms with van der Waals surface area (Å²) in [5.74, 6) is 0.775. The molecule has 3 rings (SSSR count). The maximum atomic E-state index is 4.84. The third-order valence-electron chi connectivity index (χ3n) is 4.60. The van der Waals surface area contributed by atoms with Crippen molar-refractivity contribution in [2.24, 2.45) is 5.92 Å². The van der Waals surface area contributed by atoms with E-state index in [9.17, 15) is 0 Å². The zero-order chi connectivity index (χ0) is 12.6. The molecule has 0 spiro atoms. The van der Waals surface area contributed by atoms with Gasteiger partial charge >= 0.3 is 0 Å². The van der Waals surface area contributed by atoms with E-state index >= 15 is 0 Å². The molecule has 0 aliphatic heterocycles. The van der Waals surface area contributed by atoms with Gasteiger partial charge in [-0.05, 0) is 38.5 Å². The van der Waals surface area contributed by atoms with Crippen LogP contribution in [-0.2, 0) is 5.54 Å². The lowest BCUT2D eigenvalue weighted by atomic mass is 9.71. The second-order valence-corrected chi connectivity index (χ2v) is 6.89. The Kier molecular flexibility index (Phi) is 3.46. The first-order chi connectivity index (χ1) is 8.74. The number of hydrogen-bond acceptors (Lipinski definition) is 3. The Labute approximate surface area is 114 Å². The molecular weight excluding hydrogens is 240 g/mol. The highest BCUT2D eigenvalue weighted by molar-refractivity contribution is 7.09. The number of aromatic nitrogens is 1. The van der Waals surface area contributed by atoms with E-state index in [2.05, 4.69) is 24.5 Å². The Morgan fingerprint density at radius 1 is 1.39 bits per heavy atom. The second-order valence-electron chi connectivity index (χ2n) is 6.03. The summed E-state index contributed by atoms with van der Waals surface area (Å²) in [6, 6.07) is 0.765. The maximum absolute atomic E-state index is 4.84. The fraction of sp³-hybridized carbons (Fsp3) is 0.800. The van der Waals surface area contributed by atoms with Crippen molar-refractivity contribution in [2.45, 2.75) is 70.4 Å². The standard InChI is InChI=1S/C15H24N2S/c1-3-12-6-4-5-9-15(12,17-13-7-8-13)14-16-11(2)10-18-14/h10,12-13,17H,3-9H2,1-2H3. The Bertz CT molecular complexity index is 410. The van der Waals surface area contributed by atoms with Gasteiger partial charge in [0.2, 0.25) is 0 Å². The SMILES string of the molecule is CCC1CCCCC1(NC1CC1)c1nc(C)cs1. The van der Waals surface area contributed by atoms with Crippen LogP contribution in [-0.4, -0.2) is 11.0 Å². The lowest BCUT2D eigenvalue weighted by Gasteiger charge is -2.43. The van der Waals surface area contributed by atoms with E-state index in [4.69, 9.17) is 4.98 Å². The van der Waals surface area contributed by atoms with Crippen molar-refractivity contribution < 1.29 is 0 Å². The van der Waals surface area contributed by atoms with Crippen LogP contribution in [0.2, 0.25) is 0 Å². The molecule has 2 nitrogen and oxygen atoms in total. The van der Waals surface area contributed by atoms with E-state index in [1.165, 1.54) is 55.6 Å². The van der Waals surface area contributed by atoms with Crippen LogP contribution in [0.15, 0.2) is 5.38 Å². The van der Waals surface area contributed by atoms with Crippen LogP contribution in [0.1, 0.15) is 62.6 Å². The zero-order valence-corrected chi connectivity index (χ0v) is 12.4. The second kappa shape index (κ2) is 4.93. The quantitative estimate of drug-likeness (QED) is 0.889. The Morgan fingerprint density at radius 3 is 2.83 bits per heavy atom. The van der Waals surface area contributed by atoms with Gasteiger partial charge in [0.25, 0.3) is 0 Å². The van der Waals surface area contributed by atoms with Gasteiger partial charge in [-0.15, -0.1) is 11.3 Å². The molecular formula is C15H24N2S. The molecule has 2 aliphatic carbocycles. The van der Waals surface area contributed by atoms with Gasteiger partial charge in [-0.25, -0.2) is 4.98 Å². The van der Waals surface area contributed by atoms with Crippen LogP contribution in [0.4, 0.5) is 0 Å². The summed E-state index contributed by atoms with van der Waals surface area (Å²) in [6.07, 6.45) is 9.42. The van der Waals surface area contributed by atoms with Crippen molar-refractivity contribution in [1.82, 2.24) is 10.3 Å². The summed E-state index contributed by atoms with van der Waals surface area (Å²) >= 11 is 1.87. The van der Waals surface area contributed by atoms with Crippen molar-refractivity contribution in [1.29, 1.82) is 0 Å². The summed E-state index contributed by atoms with van der Waals surface area (Å²) in [5, 5.41) is 7.56. The van der Waals surface area contributed by atoms with Crippen LogP contribution in [0.3, 0.4) is 0 Å². The lowest BCUT2D eigenvalue weighted by Crippen LogP contribution is -2.51. The molecule has 1 aromatic heterocycles. The van der Waals surface area contributed by atoms with Crippen molar-refractivity contribution in [2.75, 3.05) is 0 Å². The van der Waals surface area contributed by atoms with E-state index in [0.29, 0.717) is 0 Å². The number of nitrogens with zero attached hydrogens (tertiary/aromatic N) is 1. The molecule has 2 aliphatic rings. The maximum Gasteiger partial charge on any atom is 0.113 e. The van der Waals surface area contributed by atoms with Gasteiger partial charge in [0, 0.05) is 17.1 Å². The molecule has 1 N–H and O–H groups in total. The van der Waals surface area contributed by atoms with Crippen LogP contribution in [0, 0.1) is 12.8 Å². The molecule has 0 saturated heterocycles. The first kappa shape index (κ1) is 12.6. The normalized spacial score (nSPS) is 32.7. The average molecular weight is 264 g/mol. The molecule has 0 aromatic carbocycles. The van der Waals surface area contributed by atoms with Gasteiger partial charge in [0.15, 0.2) is 0 Å². The third-order valence-corrected chi connectivity index (χ3v) is 5.74.